The topological polar surface area (TPSA) is 29.3 Å². The van der Waals surface area contributed by atoms with E-state index in [2.05, 4.69) is 25.8 Å². The summed E-state index contributed by atoms with van der Waals surface area (Å²) >= 11 is 0. The van der Waals surface area contributed by atoms with Gasteiger partial charge in [-0.25, -0.2) is 0 Å². The molecule has 0 amide bonds. The number of nitrogens with zero attached hydrogens (tertiary/aromatic N) is 1. The van der Waals surface area contributed by atoms with Crippen molar-refractivity contribution in [1.82, 2.24) is 4.90 Å². The molecule has 1 saturated carbocycles. The molecule has 17 heavy (non-hydrogen) atoms. The van der Waals surface area contributed by atoms with Gasteiger partial charge in [-0.3, -0.25) is 4.90 Å². The third kappa shape index (κ3) is 4.59. The second kappa shape index (κ2) is 8.10. The molecule has 2 N–H and O–H groups in total. The third-order valence-corrected chi connectivity index (χ3v) is 4.57. The van der Waals surface area contributed by atoms with Crippen LogP contribution in [0.4, 0.5) is 0 Å². The minimum absolute atomic E-state index is 0.582. The van der Waals surface area contributed by atoms with Crippen LogP contribution in [0.25, 0.3) is 0 Å². The van der Waals surface area contributed by atoms with Crippen LogP contribution in [0.1, 0.15) is 65.2 Å². The van der Waals surface area contributed by atoms with Gasteiger partial charge in [0.1, 0.15) is 0 Å². The second-order valence-electron chi connectivity index (χ2n) is 5.88. The molecule has 2 nitrogen and oxygen atoms in total. The van der Waals surface area contributed by atoms with Crippen LogP contribution >= 0.6 is 0 Å². The number of hydrogen-bond donors (Lipinski definition) is 1. The van der Waals surface area contributed by atoms with E-state index >= 15 is 0 Å². The van der Waals surface area contributed by atoms with E-state index in [1.807, 2.05) is 0 Å². The SMILES string of the molecule is CCCC(C)C(CN)N(C)C1CCCCCC1. The van der Waals surface area contributed by atoms with Gasteiger partial charge in [-0.05, 0) is 32.2 Å². The Morgan fingerprint density at radius 1 is 1.18 bits per heavy atom. The molecule has 1 aliphatic carbocycles. The van der Waals surface area contributed by atoms with Crippen LogP contribution < -0.4 is 5.73 Å². The maximum absolute atomic E-state index is 6.01. The summed E-state index contributed by atoms with van der Waals surface area (Å²) in [4.78, 5) is 2.60. The van der Waals surface area contributed by atoms with Gasteiger partial charge >= 0.3 is 0 Å². The Labute approximate surface area is 108 Å². The molecule has 2 unspecified atom stereocenters. The van der Waals surface area contributed by atoms with Crippen LogP contribution in [0.3, 0.4) is 0 Å². The van der Waals surface area contributed by atoms with Gasteiger partial charge in [-0.15, -0.1) is 0 Å². The Bertz CT molecular complexity index is 185. The summed E-state index contributed by atoms with van der Waals surface area (Å²) < 4.78 is 0. The Morgan fingerprint density at radius 2 is 1.76 bits per heavy atom. The van der Waals surface area contributed by atoms with Crippen molar-refractivity contribution in [2.24, 2.45) is 11.7 Å². The van der Waals surface area contributed by atoms with Crippen LogP contribution in [0.2, 0.25) is 0 Å². The molecular formula is C15H32N2. The van der Waals surface area contributed by atoms with Gasteiger partial charge < -0.3 is 5.73 Å². The van der Waals surface area contributed by atoms with Gasteiger partial charge in [-0.2, -0.15) is 0 Å². The molecule has 102 valence electrons. The first kappa shape index (κ1) is 15.0. The largest absolute Gasteiger partial charge is 0.329 e. The summed E-state index contributed by atoms with van der Waals surface area (Å²) in [6.45, 7) is 5.46. The van der Waals surface area contributed by atoms with Crippen molar-refractivity contribution in [2.75, 3.05) is 13.6 Å². The molecule has 0 aromatic rings. The lowest BCUT2D eigenvalue weighted by Crippen LogP contribution is -2.47. The van der Waals surface area contributed by atoms with Crippen molar-refractivity contribution in [1.29, 1.82) is 0 Å². The fourth-order valence-corrected chi connectivity index (χ4v) is 3.38. The van der Waals surface area contributed by atoms with E-state index in [9.17, 15) is 0 Å². The van der Waals surface area contributed by atoms with E-state index < -0.39 is 0 Å². The highest BCUT2D eigenvalue weighted by Crippen LogP contribution is 2.25. The fourth-order valence-electron chi connectivity index (χ4n) is 3.38. The van der Waals surface area contributed by atoms with Crippen molar-refractivity contribution in [3.05, 3.63) is 0 Å². The molecule has 2 heteroatoms. The van der Waals surface area contributed by atoms with Gasteiger partial charge in [0, 0.05) is 18.6 Å². The molecule has 0 radical (unpaired) electrons. The maximum Gasteiger partial charge on any atom is 0.0243 e. The van der Waals surface area contributed by atoms with Crippen molar-refractivity contribution < 1.29 is 0 Å². The second-order valence-corrected chi connectivity index (χ2v) is 5.88. The van der Waals surface area contributed by atoms with Crippen LogP contribution in [-0.4, -0.2) is 30.6 Å². The van der Waals surface area contributed by atoms with Crippen molar-refractivity contribution in [2.45, 2.75) is 77.3 Å². The number of likely N-dealkylation sites (N-methyl/N-ethyl adjacent to an activating group) is 1. The lowest BCUT2D eigenvalue weighted by molar-refractivity contribution is 0.118. The molecule has 0 bridgehead atoms. The van der Waals surface area contributed by atoms with E-state index in [1.54, 1.807) is 0 Å². The molecule has 0 aromatic carbocycles. The van der Waals surface area contributed by atoms with Crippen LogP contribution in [-0.2, 0) is 0 Å². The molecular weight excluding hydrogens is 208 g/mol. The smallest absolute Gasteiger partial charge is 0.0243 e. The van der Waals surface area contributed by atoms with Gasteiger partial charge in [-0.1, -0.05) is 46.0 Å². The zero-order chi connectivity index (χ0) is 12.7. The Morgan fingerprint density at radius 3 is 2.24 bits per heavy atom. The molecule has 2 atom stereocenters. The molecule has 0 heterocycles. The van der Waals surface area contributed by atoms with E-state index in [0.29, 0.717) is 6.04 Å². The van der Waals surface area contributed by atoms with E-state index in [-0.39, 0.29) is 0 Å². The number of nitrogens with two attached hydrogens (primary N) is 1. The summed E-state index contributed by atoms with van der Waals surface area (Å²) in [7, 11) is 2.31. The van der Waals surface area contributed by atoms with E-state index in [4.69, 9.17) is 5.73 Å². The predicted molar refractivity (Wildman–Crippen MR) is 76.2 cm³/mol. The van der Waals surface area contributed by atoms with Crippen LogP contribution in [0.15, 0.2) is 0 Å². The van der Waals surface area contributed by atoms with Gasteiger partial charge in [0.2, 0.25) is 0 Å². The third-order valence-electron chi connectivity index (χ3n) is 4.57. The molecule has 1 rings (SSSR count). The first-order valence-corrected chi connectivity index (χ1v) is 7.62. The standard InChI is InChI=1S/C15H32N2/c1-4-9-13(2)15(12-16)17(3)14-10-7-5-6-8-11-14/h13-15H,4-12,16H2,1-3H3. The Kier molecular flexibility index (Phi) is 7.14. The molecule has 1 aliphatic rings. The Balaban J connectivity index is 2.53. The Hall–Kier alpha value is -0.0800. The minimum Gasteiger partial charge on any atom is -0.329 e. The maximum atomic E-state index is 6.01. The normalized spacial score (nSPS) is 22.4. The molecule has 0 aromatic heterocycles. The summed E-state index contributed by atoms with van der Waals surface area (Å²) in [5.74, 6) is 0.734. The minimum atomic E-state index is 0.582. The van der Waals surface area contributed by atoms with Gasteiger partial charge in [0.25, 0.3) is 0 Å². The summed E-state index contributed by atoms with van der Waals surface area (Å²) in [6, 6.07) is 1.36. The summed E-state index contributed by atoms with van der Waals surface area (Å²) in [5.41, 5.74) is 6.01. The predicted octanol–water partition coefficient (Wildman–Crippen LogP) is 3.40. The van der Waals surface area contributed by atoms with Gasteiger partial charge in [0.05, 0.1) is 0 Å². The average Bonchev–Trinajstić information content (AvgIpc) is 2.58. The quantitative estimate of drug-likeness (QED) is 0.721. The average molecular weight is 240 g/mol. The number of hydrogen-bond acceptors (Lipinski definition) is 2. The van der Waals surface area contributed by atoms with Crippen LogP contribution in [0.5, 0.6) is 0 Å². The highest BCUT2D eigenvalue weighted by atomic mass is 15.2. The van der Waals surface area contributed by atoms with Crippen LogP contribution in [0, 0.1) is 5.92 Å². The molecule has 0 aliphatic heterocycles. The molecule has 0 saturated heterocycles. The lowest BCUT2D eigenvalue weighted by atomic mass is 9.93. The highest BCUT2D eigenvalue weighted by molar-refractivity contribution is 4.82. The zero-order valence-electron chi connectivity index (χ0n) is 12.1. The first-order valence-electron chi connectivity index (χ1n) is 7.62. The van der Waals surface area contributed by atoms with Crippen molar-refractivity contribution >= 4 is 0 Å². The monoisotopic (exact) mass is 240 g/mol. The fraction of sp³-hybridized carbons (Fsp3) is 1.00. The first-order chi connectivity index (χ1) is 8.20. The summed E-state index contributed by atoms with van der Waals surface area (Å²) in [5, 5.41) is 0. The van der Waals surface area contributed by atoms with E-state index in [1.165, 1.54) is 51.4 Å². The van der Waals surface area contributed by atoms with Crippen molar-refractivity contribution in [3.63, 3.8) is 0 Å². The van der Waals surface area contributed by atoms with E-state index in [0.717, 1.165) is 18.5 Å². The number of rotatable bonds is 6. The van der Waals surface area contributed by atoms with Gasteiger partial charge in [0.15, 0.2) is 0 Å². The summed E-state index contributed by atoms with van der Waals surface area (Å²) in [6.07, 6.45) is 11.0. The molecule has 0 spiro atoms. The molecule has 1 fully saturated rings. The zero-order valence-corrected chi connectivity index (χ0v) is 12.1. The lowest BCUT2D eigenvalue weighted by Gasteiger charge is -2.37. The van der Waals surface area contributed by atoms with Crippen molar-refractivity contribution in [3.8, 4) is 0 Å². The highest BCUT2D eigenvalue weighted by Gasteiger charge is 2.26.